The topological polar surface area (TPSA) is 38.8 Å². The number of amides is 1. The molecule has 1 aliphatic heterocycles. The number of carbonyl (C=O) groups is 1. The molecule has 0 aliphatic carbocycles. The van der Waals surface area contributed by atoms with Gasteiger partial charge in [-0.25, -0.2) is 0 Å². The standard InChI is InChI=1S/C26H34ClNO3Si/c1-6-7-16-26(2,31-32(3,4)5)17-10-13-25(29)28-19-20-11-8-9-12-23(20)30-24-15-14-21(27)18-22(24)28/h8-15,18H,6-7,16-17,19H2,1-5H3. The Balaban J connectivity index is 1.84. The number of halogens is 1. The van der Waals surface area contributed by atoms with Gasteiger partial charge in [0.2, 0.25) is 0 Å². The number of ether oxygens (including phenoxy) is 1. The molecule has 0 saturated carbocycles. The van der Waals surface area contributed by atoms with E-state index in [1.54, 1.807) is 23.1 Å². The van der Waals surface area contributed by atoms with Crippen LogP contribution in [0.1, 0.15) is 45.1 Å². The monoisotopic (exact) mass is 471 g/mol. The molecule has 0 saturated heterocycles. The second-order valence-corrected chi connectivity index (χ2v) is 14.5. The van der Waals surface area contributed by atoms with Crippen molar-refractivity contribution in [2.24, 2.45) is 0 Å². The van der Waals surface area contributed by atoms with E-state index in [-0.39, 0.29) is 11.5 Å². The molecule has 1 heterocycles. The number of fused-ring (bicyclic) bond motifs is 2. The quantitative estimate of drug-likeness (QED) is 0.292. The largest absolute Gasteiger partial charge is 0.455 e. The van der Waals surface area contributed by atoms with Crippen LogP contribution < -0.4 is 9.64 Å². The number of hydrogen-bond donors (Lipinski definition) is 0. The van der Waals surface area contributed by atoms with Gasteiger partial charge in [-0.3, -0.25) is 4.79 Å². The van der Waals surface area contributed by atoms with E-state index in [2.05, 4.69) is 33.5 Å². The molecule has 1 atom stereocenters. The van der Waals surface area contributed by atoms with Gasteiger partial charge in [-0.2, -0.15) is 0 Å². The summed E-state index contributed by atoms with van der Waals surface area (Å²) in [6.45, 7) is 11.4. The second kappa shape index (κ2) is 10.2. The fourth-order valence-electron chi connectivity index (χ4n) is 4.08. The van der Waals surface area contributed by atoms with Gasteiger partial charge in [0.15, 0.2) is 14.1 Å². The minimum Gasteiger partial charge on any atom is -0.455 e. The van der Waals surface area contributed by atoms with E-state index in [0.29, 0.717) is 29.4 Å². The van der Waals surface area contributed by atoms with Gasteiger partial charge in [0.1, 0.15) is 5.75 Å². The third kappa shape index (κ3) is 6.47. The van der Waals surface area contributed by atoms with Gasteiger partial charge in [-0.05, 0) is 69.7 Å². The lowest BCUT2D eigenvalue weighted by Gasteiger charge is -2.36. The number of para-hydroxylation sites is 1. The summed E-state index contributed by atoms with van der Waals surface area (Å²) in [5.41, 5.74) is 1.37. The lowest BCUT2D eigenvalue weighted by molar-refractivity contribution is -0.114. The molecule has 1 unspecified atom stereocenters. The Labute approximate surface area is 198 Å². The first kappa shape index (κ1) is 24.6. The Kier molecular flexibility index (Phi) is 7.86. The van der Waals surface area contributed by atoms with Crippen molar-refractivity contribution in [2.45, 2.75) is 71.3 Å². The van der Waals surface area contributed by atoms with Crippen molar-refractivity contribution >= 4 is 31.5 Å². The average molecular weight is 472 g/mol. The summed E-state index contributed by atoms with van der Waals surface area (Å²) in [5, 5.41) is 0.566. The van der Waals surface area contributed by atoms with Gasteiger partial charge < -0.3 is 14.1 Å². The highest BCUT2D eigenvalue weighted by molar-refractivity contribution is 6.69. The molecule has 172 valence electrons. The average Bonchev–Trinajstić information content (AvgIpc) is 2.87. The van der Waals surface area contributed by atoms with Gasteiger partial charge in [0.25, 0.3) is 5.91 Å². The van der Waals surface area contributed by atoms with Crippen molar-refractivity contribution in [1.29, 1.82) is 0 Å². The minimum atomic E-state index is -1.71. The molecule has 0 aromatic heterocycles. The molecule has 0 fully saturated rings. The minimum absolute atomic E-state index is 0.0975. The first-order chi connectivity index (χ1) is 15.1. The van der Waals surface area contributed by atoms with Crippen LogP contribution in [0.2, 0.25) is 24.7 Å². The van der Waals surface area contributed by atoms with E-state index in [1.165, 1.54) is 0 Å². The molecule has 3 rings (SSSR count). The van der Waals surface area contributed by atoms with Crippen LogP contribution in [-0.4, -0.2) is 19.8 Å². The van der Waals surface area contributed by atoms with Crippen molar-refractivity contribution in [3.8, 4) is 11.5 Å². The predicted octanol–water partition coefficient (Wildman–Crippen LogP) is 7.73. The first-order valence-corrected chi connectivity index (χ1v) is 15.1. The van der Waals surface area contributed by atoms with E-state index in [1.807, 2.05) is 36.4 Å². The molecule has 2 aromatic rings. The highest BCUT2D eigenvalue weighted by atomic mass is 35.5. The maximum atomic E-state index is 13.3. The Bertz CT molecular complexity index is 985. The third-order valence-corrected chi connectivity index (χ3v) is 6.76. The van der Waals surface area contributed by atoms with Gasteiger partial charge in [-0.15, -0.1) is 0 Å². The Morgan fingerprint density at radius 3 is 2.69 bits per heavy atom. The van der Waals surface area contributed by atoms with Crippen LogP contribution in [-0.2, 0) is 15.8 Å². The van der Waals surface area contributed by atoms with Crippen LogP contribution in [0.5, 0.6) is 11.5 Å². The molecular weight excluding hydrogens is 438 g/mol. The molecule has 6 heteroatoms. The van der Waals surface area contributed by atoms with Crippen LogP contribution in [0.3, 0.4) is 0 Å². The lowest BCUT2D eigenvalue weighted by Crippen LogP contribution is -2.40. The molecule has 1 amide bonds. The highest BCUT2D eigenvalue weighted by Crippen LogP contribution is 2.40. The smallest absolute Gasteiger partial charge is 0.251 e. The predicted molar refractivity (Wildman–Crippen MR) is 135 cm³/mol. The molecule has 2 aromatic carbocycles. The van der Waals surface area contributed by atoms with Gasteiger partial charge in [0, 0.05) is 10.6 Å². The summed E-state index contributed by atoms with van der Waals surface area (Å²) < 4.78 is 12.6. The number of nitrogens with zero attached hydrogens (tertiary/aromatic N) is 1. The number of benzene rings is 2. The first-order valence-electron chi connectivity index (χ1n) is 11.3. The summed E-state index contributed by atoms with van der Waals surface area (Å²) in [7, 11) is -1.71. The van der Waals surface area contributed by atoms with Gasteiger partial charge in [0.05, 0.1) is 17.8 Å². The maximum absolute atomic E-state index is 13.3. The molecular formula is C26H34ClNO3Si. The fraction of sp³-hybridized carbons (Fsp3) is 0.423. The van der Waals surface area contributed by atoms with E-state index < -0.39 is 8.32 Å². The molecule has 0 N–H and O–H groups in total. The maximum Gasteiger partial charge on any atom is 0.251 e. The van der Waals surface area contributed by atoms with Crippen LogP contribution in [0.15, 0.2) is 54.6 Å². The Morgan fingerprint density at radius 1 is 1.22 bits per heavy atom. The SMILES string of the molecule is CCCCC(C)(CC=CC(=O)N1Cc2ccccc2Oc2ccc(Cl)cc21)O[Si](C)(C)C. The number of rotatable bonds is 8. The zero-order chi connectivity index (χ0) is 23.4. The van der Waals surface area contributed by atoms with Crippen LogP contribution in [0.4, 0.5) is 5.69 Å². The zero-order valence-corrected chi connectivity index (χ0v) is 21.5. The van der Waals surface area contributed by atoms with E-state index >= 15 is 0 Å². The van der Waals surface area contributed by atoms with Crippen LogP contribution >= 0.6 is 11.6 Å². The fourth-order valence-corrected chi connectivity index (χ4v) is 5.91. The Hall–Kier alpha value is -2.08. The molecule has 0 bridgehead atoms. The number of carbonyl (C=O) groups excluding carboxylic acids is 1. The van der Waals surface area contributed by atoms with E-state index in [4.69, 9.17) is 20.8 Å². The summed E-state index contributed by atoms with van der Waals surface area (Å²) >= 11 is 6.26. The molecule has 0 radical (unpaired) electrons. The van der Waals surface area contributed by atoms with E-state index in [0.717, 1.165) is 30.6 Å². The molecule has 4 nitrogen and oxygen atoms in total. The van der Waals surface area contributed by atoms with Crippen molar-refractivity contribution in [3.05, 3.63) is 65.2 Å². The van der Waals surface area contributed by atoms with Crippen molar-refractivity contribution in [1.82, 2.24) is 0 Å². The summed E-state index contributed by atoms with van der Waals surface area (Å²) in [4.78, 5) is 15.1. The molecule has 32 heavy (non-hydrogen) atoms. The summed E-state index contributed by atoms with van der Waals surface area (Å²) in [6, 6.07) is 13.2. The van der Waals surface area contributed by atoms with Gasteiger partial charge in [-0.1, -0.05) is 55.6 Å². The number of unbranched alkanes of at least 4 members (excludes halogenated alkanes) is 1. The van der Waals surface area contributed by atoms with Crippen molar-refractivity contribution < 1.29 is 14.0 Å². The normalized spacial score (nSPS) is 15.5. The highest BCUT2D eigenvalue weighted by Gasteiger charge is 2.30. The lowest BCUT2D eigenvalue weighted by atomic mass is 9.95. The summed E-state index contributed by atoms with van der Waals surface area (Å²) in [6.07, 6.45) is 7.53. The summed E-state index contributed by atoms with van der Waals surface area (Å²) in [5.74, 6) is 1.28. The van der Waals surface area contributed by atoms with Crippen molar-refractivity contribution in [3.63, 3.8) is 0 Å². The zero-order valence-electron chi connectivity index (χ0n) is 19.8. The second-order valence-electron chi connectivity index (χ2n) is 9.62. The number of hydrogen-bond acceptors (Lipinski definition) is 3. The van der Waals surface area contributed by atoms with Crippen LogP contribution in [0.25, 0.3) is 0 Å². The van der Waals surface area contributed by atoms with Gasteiger partial charge >= 0.3 is 0 Å². The van der Waals surface area contributed by atoms with Crippen molar-refractivity contribution in [2.75, 3.05) is 4.90 Å². The van der Waals surface area contributed by atoms with Crippen LogP contribution in [0, 0.1) is 0 Å². The Morgan fingerprint density at radius 2 is 1.97 bits per heavy atom. The molecule has 1 aliphatic rings. The van der Waals surface area contributed by atoms with E-state index in [9.17, 15) is 4.79 Å². The molecule has 0 spiro atoms. The number of anilines is 1. The third-order valence-electron chi connectivity index (χ3n) is 5.42.